The highest BCUT2D eigenvalue weighted by Gasteiger charge is 2.72. The number of carbonyl (C=O) groups excluding carboxylic acids is 2. The summed E-state index contributed by atoms with van der Waals surface area (Å²) in [5.74, 6) is -3.42. The number of benzene rings is 1. The summed E-state index contributed by atoms with van der Waals surface area (Å²) in [6.07, 6.45) is 0. The summed E-state index contributed by atoms with van der Waals surface area (Å²) in [7, 11) is 0. The van der Waals surface area contributed by atoms with Crippen molar-refractivity contribution in [3.63, 3.8) is 0 Å². The lowest BCUT2D eigenvalue weighted by Crippen LogP contribution is -2.54. The quantitative estimate of drug-likeness (QED) is 0.866. The molecule has 6 nitrogen and oxygen atoms in total. The van der Waals surface area contributed by atoms with Crippen molar-refractivity contribution in [2.45, 2.75) is 32.2 Å². The van der Waals surface area contributed by atoms with E-state index in [9.17, 15) is 19.8 Å². The topological polar surface area (TPSA) is 87.1 Å². The molecular weight excluding hydrogens is 298 g/mol. The van der Waals surface area contributed by atoms with Gasteiger partial charge in [-0.2, -0.15) is 0 Å². The Morgan fingerprint density at radius 3 is 2.43 bits per heavy atom. The summed E-state index contributed by atoms with van der Waals surface area (Å²) in [6, 6.07) is 6.29. The van der Waals surface area contributed by atoms with Crippen molar-refractivity contribution in [1.29, 1.82) is 0 Å². The summed E-state index contributed by atoms with van der Waals surface area (Å²) < 4.78 is 5.46. The summed E-state index contributed by atoms with van der Waals surface area (Å²) in [4.78, 5) is 27.0. The molecule has 3 rings (SSSR count). The number of nitrogens with zero attached hydrogens (tertiary/aromatic N) is 1. The number of hydrogen-bond acceptors (Lipinski definition) is 5. The van der Waals surface area contributed by atoms with Gasteiger partial charge in [0.2, 0.25) is 11.4 Å². The predicted octanol–water partition coefficient (Wildman–Crippen LogP) is 0.932. The van der Waals surface area contributed by atoms with Crippen molar-refractivity contribution < 1.29 is 24.5 Å². The van der Waals surface area contributed by atoms with Gasteiger partial charge in [-0.15, -0.1) is 0 Å². The molecular formula is C17H19NO5. The summed E-state index contributed by atoms with van der Waals surface area (Å²) >= 11 is 0. The fourth-order valence-corrected chi connectivity index (χ4v) is 3.43. The Balaban J connectivity index is 2.18. The molecule has 23 heavy (non-hydrogen) atoms. The maximum Gasteiger partial charge on any atom is 0.276 e. The first-order valence-electron chi connectivity index (χ1n) is 7.61. The van der Waals surface area contributed by atoms with Crippen LogP contribution in [0, 0.1) is 0 Å². The van der Waals surface area contributed by atoms with Crippen LogP contribution in [0.15, 0.2) is 35.6 Å². The molecule has 122 valence electrons. The smallest absolute Gasteiger partial charge is 0.276 e. The monoisotopic (exact) mass is 317 g/mol. The minimum atomic E-state index is -2.42. The fraction of sp³-hybridized carbons (Fsp3) is 0.412. The minimum absolute atomic E-state index is 0.0646. The number of likely N-dealkylation sites (N-methyl/N-ethyl adjacent to an activating group) is 1. The van der Waals surface area contributed by atoms with E-state index in [4.69, 9.17) is 4.74 Å². The number of allylic oxidation sites excluding steroid dienone is 1. The van der Waals surface area contributed by atoms with Gasteiger partial charge in [-0.1, -0.05) is 24.3 Å². The first kappa shape index (κ1) is 15.7. The SMILES string of the molecule is CCN(CC)C(=O)C1=C(C)OC2(O)c3ccccc3C(=O)C12O. The third kappa shape index (κ3) is 1.70. The Labute approximate surface area is 134 Å². The number of carbonyl (C=O) groups is 2. The molecule has 2 N–H and O–H groups in total. The molecule has 0 saturated heterocycles. The Morgan fingerprint density at radius 2 is 1.83 bits per heavy atom. The zero-order valence-corrected chi connectivity index (χ0v) is 13.3. The van der Waals surface area contributed by atoms with Crippen LogP contribution >= 0.6 is 0 Å². The maximum atomic E-state index is 12.8. The minimum Gasteiger partial charge on any atom is -0.458 e. The van der Waals surface area contributed by atoms with E-state index in [1.807, 2.05) is 0 Å². The van der Waals surface area contributed by atoms with Gasteiger partial charge in [0.15, 0.2) is 0 Å². The highest BCUT2D eigenvalue weighted by molar-refractivity contribution is 6.16. The molecule has 0 fully saturated rings. The molecule has 1 aromatic rings. The summed E-state index contributed by atoms with van der Waals surface area (Å²) in [6.45, 7) is 5.91. The average Bonchev–Trinajstić information content (AvgIpc) is 2.84. The van der Waals surface area contributed by atoms with Crippen molar-refractivity contribution in [2.24, 2.45) is 0 Å². The maximum absolute atomic E-state index is 12.8. The van der Waals surface area contributed by atoms with Gasteiger partial charge in [0.1, 0.15) is 11.3 Å². The lowest BCUT2D eigenvalue weighted by atomic mass is 9.85. The second-order valence-corrected chi connectivity index (χ2v) is 5.74. The van der Waals surface area contributed by atoms with Gasteiger partial charge in [-0.3, -0.25) is 9.59 Å². The van der Waals surface area contributed by atoms with Gasteiger partial charge in [-0.05, 0) is 20.8 Å². The molecule has 2 unspecified atom stereocenters. The number of fused-ring (bicyclic) bond motifs is 3. The van der Waals surface area contributed by atoms with Crippen molar-refractivity contribution in [3.8, 4) is 0 Å². The Hall–Kier alpha value is -2.18. The van der Waals surface area contributed by atoms with Crippen LogP contribution in [0.1, 0.15) is 36.7 Å². The van der Waals surface area contributed by atoms with Crippen LogP contribution in [-0.2, 0) is 15.3 Å². The highest BCUT2D eigenvalue weighted by atomic mass is 16.7. The van der Waals surface area contributed by atoms with E-state index in [-0.39, 0.29) is 22.5 Å². The molecule has 2 aliphatic rings. The van der Waals surface area contributed by atoms with Crippen LogP contribution < -0.4 is 0 Å². The average molecular weight is 317 g/mol. The largest absolute Gasteiger partial charge is 0.458 e. The number of hydrogen-bond donors (Lipinski definition) is 2. The van der Waals surface area contributed by atoms with E-state index in [1.54, 1.807) is 26.0 Å². The molecule has 2 atom stereocenters. The lowest BCUT2D eigenvalue weighted by molar-refractivity contribution is -0.235. The summed E-state index contributed by atoms with van der Waals surface area (Å²) in [5, 5.41) is 22.0. The molecule has 0 spiro atoms. The van der Waals surface area contributed by atoms with Gasteiger partial charge >= 0.3 is 0 Å². The fourth-order valence-electron chi connectivity index (χ4n) is 3.43. The molecule has 0 bridgehead atoms. The normalized spacial score (nSPS) is 28.5. The van der Waals surface area contributed by atoms with Gasteiger partial charge in [-0.25, -0.2) is 0 Å². The molecule has 1 aliphatic carbocycles. The first-order valence-corrected chi connectivity index (χ1v) is 7.61. The molecule has 1 amide bonds. The highest BCUT2D eigenvalue weighted by Crippen LogP contribution is 2.55. The van der Waals surface area contributed by atoms with Crippen LogP contribution in [-0.4, -0.2) is 45.5 Å². The van der Waals surface area contributed by atoms with E-state index in [0.717, 1.165) is 0 Å². The molecule has 1 heterocycles. The Bertz CT molecular complexity index is 736. The van der Waals surface area contributed by atoms with Gasteiger partial charge < -0.3 is 19.8 Å². The first-order chi connectivity index (χ1) is 10.8. The Morgan fingerprint density at radius 1 is 1.22 bits per heavy atom. The second kappa shape index (κ2) is 4.91. The number of ether oxygens (including phenoxy) is 1. The van der Waals surface area contributed by atoms with Crippen LogP contribution in [0.5, 0.6) is 0 Å². The summed E-state index contributed by atoms with van der Waals surface area (Å²) in [5.41, 5.74) is -2.27. The van der Waals surface area contributed by atoms with Gasteiger partial charge in [0.05, 0.1) is 0 Å². The van der Waals surface area contributed by atoms with Crippen LogP contribution in [0.4, 0.5) is 0 Å². The zero-order chi connectivity index (χ0) is 17.0. The second-order valence-electron chi connectivity index (χ2n) is 5.74. The molecule has 0 saturated carbocycles. The van der Waals surface area contributed by atoms with Crippen LogP contribution in [0.2, 0.25) is 0 Å². The number of amides is 1. The van der Waals surface area contributed by atoms with Gasteiger partial charge in [0.25, 0.3) is 11.7 Å². The van der Waals surface area contributed by atoms with Crippen molar-refractivity contribution in [3.05, 3.63) is 46.7 Å². The van der Waals surface area contributed by atoms with Crippen molar-refractivity contribution >= 4 is 11.7 Å². The predicted molar refractivity (Wildman–Crippen MR) is 81.3 cm³/mol. The molecule has 1 aliphatic heterocycles. The standard InChI is InChI=1S/C17H19NO5/c1-4-18(5-2)15(20)13-10(3)23-17(22)12-9-7-6-8-11(12)14(19)16(13,17)21/h6-9,21-22H,4-5H2,1-3H3. The molecule has 1 aromatic carbocycles. The van der Waals surface area contributed by atoms with Gasteiger partial charge in [0, 0.05) is 24.2 Å². The Kier molecular flexibility index (Phi) is 3.35. The molecule has 6 heteroatoms. The number of ketones is 1. The van der Waals surface area contributed by atoms with Crippen LogP contribution in [0.3, 0.4) is 0 Å². The van der Waals surface area contributed by atoms with E-state index in [1.165, 1.54) is 24.0 Å². The number of rotatable bonds is 3. The van der Waals surface area contributed by atoms with Crippen LogP contribution in [0.25, 0.3) is 0 Å². The third-order valence-electron chi connectivity index (χ3n) is 4.63. The number of Topliss-reactive ketones (excluding diaryl/α,β-unsaturated/α-hetero) is 1. The van der Waals surface area contributed by atoms with E-state index in [2.05, 4.69) is 0 Å². The van der Waals surface area contributed by atoms with Crippen molar-refractivity contribution in [1.82, 2.24) is 4.90 Å². The zero-order valence-electron chi connectivity index (χ0n) is 13.3. The van der Waals surface area contributed by atoms with E-state index in [0.29, 0.717) is 13.1 Å². The molecule has 0 radical (unpaired) electrons. The van der Waals surface area contributed by atoms with E-state index >= 15 is 0 Å². The number of aliphatic hydroxyl groups is 2. The van der Waals surface area contributed by atoms with E-state index < -0.39 is 23.1 Å². The third-order valence-corrected chi connectivity index (χ3v) is 4.63. The lowest BCUT2D eigenvalue weighted by Gasteiger charge is -2.31. The van der Waals surface area contributed by atoms with Crippen molar-refractivity contribution in [2.75, 3.05) is 13.1 Å². The molecule has 0 aromatic heterocycles.